The van der Waals surface area contributed by atoms with Crippen LogP contribution in [0.15, 0.2) is 36.4 Å². The van der Waals surface area contributed by atoms with E-state index in [0.717, 1.165) is 5.56 Å². The van der Waals surface area contributed by atoms with Crippen LogP contribution in [0.4, 0.5) is 10.3 Å². The summed E-state index contributed by atoms with van der Waals surface area (Å²) < 4.78 is 0. The van der Waals surface area contributed by atoms with E-state index in [1.807, 2.05) is 6.07 Å². The zero-order valence-electron chi connectivity index (χ0n) is 12.9. The molecule has 5 nitrogen and oxygen atoms in total. The van der Waals surface area contributed by atoms with E-state index in [1.165, 1.54) is 11.3 Å². The van der Waals surface area contributed by atoms with Crippen LogP contribution < -0.4 is 10.6 Å². The van der Waals surface area contributed by atoms with Gasteiger partial charge in [-0.25, -0.2) is 0 Å². The van der Waals surface area contributed by atoms with Gasteiger partial charge >= 0.3 is 0 Å². The van der Waals surface area contributed by atoms with Crippen LogP contribution in [0.5, 0.6) is 0 Å². The Morgan fingerprint density at radius 1 is 0.923 bits per heavy atom. The Bertz CT molecular complexity index is 943. The molecule has 2 N–H and O–H groups in total. The summed E-state index contributed by atoms with van der Waals surface area (Å²) in [6.45, 7) is 0.482. The van der Waals surface area contributed by atoms with Crippen LogP contribution in [0.2, 0.25) is 20.1 Å². The van der Waals surface area contributed by atoms with E-state index >= 15 is 0 Å². The Morgan fingerprint density at radius 2 is 1.62 bits per heavy atom. The third kappa shape index (κ3) is 4.58. The van der Waals surface area contributed by atoms with E-state index in [4.69, 9.17) is 46.4 Å². The van der Waals surface area contributed by atoms with Crippen molar-refractivity contribution >= 4 is 73.9 Å². The van der Waals surface area contributed by atoms with Gasteiger partial charge < -0.3 is 5.32 Å². The number of carbonyl (C=O) groups excluding carboxylic acids is 1. The van der Waals surface area contributed by atoms with Crippen LogP contribution in [-0.4, -0.2) is 16.1 Å². The topological polar surface area (TPSA) is 66.9 Å². The predicted octanol–water partition coefficient (Wildman–Crippen LogP) is 6.02. The molecular weight excluding hydrogens is 438 g/mol. The molecule has 1 amide bonds. The van der Waals surface area contributed by atoms with Gasteiger partial charge in [0.05, 0.1) is 25.7 Å². The molecule has 2 aromatic carbocycles. The molecule has 0 fully saturated rings. The molecule has 3 rings (SSSR count). The number of carbonyl (C=O) groups is 1. The lowest BCUT2D eigenvalue weighted by atomic mass is 10.2. The second kappa shape index (κ2) is 8.41. The standard InChI is InChI=1S/C16H10Cl4N4OS/c17-9-5-4-8(6-12(9)20)7-21-15-23-24-16(26-15)22-14(25)13-10(18)2-1-3-11(13)19/h1-6H,7H2,(H,21,23)(H,22,24,25). The van der Waals surface area contributed by atoms with Gasteiger partial charge in [-0.15, -0.1) is 10.2 Å². The molecule has 0 aliphatic heterocycles. The lowest BCUT2D eigenvalue weighted by Gasteiger charge is -2.05. The fourth-order valence-electron chi connectivity index (χ4n) is 2.05. The molecule has 0 aliphatic carbocycles. The zero-order chi connectivity index (χ0) is 18.7. The number of anilines is 2. The molecule has 0 radical (unpaired) electrons. The molecule has 0 atom stereocenters. The Balaban J connectivity index is 1.64. The van der Waals surface area contributed by atoms with Crippen LogP contribution in [0, 0.1) is 0 Å². The summed E-state index contributed by atoms with van der Waals surface area (Å²) in [6.07, 6.45) is 0. The van der Waals surface area contributed by atoms with Crippen LogP contribution in [0.1, 0.15) is 15.9 Å². The quantitative estimate of drug-likeness (QED) is 0.502. The maximum absolute atomic E-state index is 12.3. The summed E-state index contributed by atoms with van der Waals surface area (Å²) in [7, 11) is 0. The largest absolute Gasteiger partial charge is 0.356 e. The third-order valence-electron chi connectivity index (χ3n) is 3.26. The molecule has 0 aliphatic rings. The zero-order valence-corrected chi connectivity index (χ0v) is 16.7. The van der Waals surface area contributed by atoms with Gasteiger partial charge in [-0.3, -0.25) is 10.1 Å². The van der Waals surface area contributed by atoms with E-state index in [1.54, 1.807) is 30.3 Å². The Kier molecular flexibility index (Phi) is 6.21. The lowest BCUT2D eigenvalue weighted by Crippen LogP contribution is -2.12. The van der Waals surface area contributed by atoms with Crippen LogP contribution in [0.3, 0.4) is 0 Å². The summed E-state index contributed by atoms with van der Waals surface area (Å²) in [5.41, 5.74) is 1.12. The van der Waals surface area contributed by atoms with Crippen molar-refractivity contribution in [3.8, 4) is 0 Å². The van der Waals surface area contributed by atoms with E-state index < -0.39 is 5.91 Å². The van der Waals surface area contributed by atoms with Gasteiger partial charge in [0.1, 0.15) is 0 Å². The molecule has 10 heteroatoms. The van der Waals surface area contributed by atoms with E-state index in [9.17, 15) is 4.79 Å². The average molecular weight is 448 g/mol. The third-order valence-corrected chi connectivity index (χ3v) is 5.43. The SMILES string of the molecule is O=C(Nc1nnc(NCc2ccc(Cl)c(Cl)c2)s1)c1c(Cl)cccc1Cl. The predicted molar refractivity (Wildman–Crippen MR) is 108 cm³/mol. The summed E-state index contributed by atoms with van der Waals surface area (Å²) in [6, 6.07) is 10.2. The molecule has 26 heavy (non-hydrogen) atoms. The van der Waals surface area contributed by atoms with Crippen molar-refractivity contribution in [2.45, 2.75) is 6.54 Å². The molecule has 0 spiro atoms. The fraction of sp³-hybridized carbons (Fsp3) is 0.0625. The van der Waals surface area contributed by atoms with Crippen molar-refractivity contribution in [3.63, 3.8) is 0 Å². The number of amides is 1. The fourth-order valence-corrected chi connectivity index (χ4v) is 3.57. The maximum atomic E-state index is 12.3. The summed E-state index contributed by atoms with van der Waals surface area (Å²) >= 11 is 25.1. The molecule has 1 aromatic heterocycles. The van der Waals surface area contributed by atoms with Crippen molar-refractivity contribution in [3.05, 3.63) is 67.6 Å². The molecule has 0 saturated heterocycles. The van der Waals surface area contributed by atoms with Gasteiger partial charge in [-0.1, -0.05) is 69.9 Å². The summed E-state index contributed by atoms with van der Waals surface area (Å²) in [5, 5.41) is 16.0. The number of halogens is 4. The highest BCUT2D eigenvalue weighted by molar-refractivity contribution is 7.19. The van der Waals surface area contributed by atoms with Crippen LogP contribution >= 0.6 is 57.7 Å². The van der Waals surface area contributed by atoms with Crippen molar-refractivity contribution in [1.29, 1.82) is 0 Å². The minimum absolute atomic E-state index is 0.191. The number of hydrogen-bond donors (Lipinski definition) is 2. The highest BCUT2D eigenvalue weighted by Crippen LogP contribution is 2.27. The van der Waals surface area contributed by atoms with Gasteiger partial charge in [-0.2, -0.15) is 0 Å². The monoisotopic (exact) mass is 446 g/mol. The van der Waals surface area contributed by atoms with E-state index in [-0.39, 0.29) is 15.6 Å². The molecule has 0 bridgehead atoms. The van der Waals surface area contributed by atoms with Crippen molar-refractivity contribution in [1.82, 2.24) is 10.2 Å². The van der Waals surface area contributed by atoms with Gasteiger partial charge in [0.25, 0.3) is 5.91 Å². The lowest BCUT2D eigenvalue weighted by molar-refractivity contribution is 0.102. The average Bonchev–Trinajstić information content (AvgIpc) is 3.03. The number of hydrogen-bond acceptors (Lipinski definition) is 5. The Morgan fingerprint density at radius 3 is 2.31 bits per heavy atom. The number of benzene rings is 2. The molecule has 0 saturated carbocycles. The Hall–Kier alpha value is -1.57. The highest BCUT2D eigenvalue weighted by Gasteiger charge is 2.16. The van der Waals surface area contributed by atoms with Crippen LogP contribution in [-0.2, 0) is 6.54 Å². The van der Waals surface area contributed by atoms with Gasteiger partial charge in [-0.05, 0) is 29.8 Å². The molecule has 0 unspecified atom stereocenters. The minimum Gasteiger partial charge on any atom is -0.356 e. The number of aromatic nitrogens is 2. The van der Waals surface area contributed by atoms with Crippen molar-refractivity contribution in [2.24, 2.45) is 0 Å². The van der Waals surface area contributed by atoms with Crippen molar-refractivity contribution in [2.75, 3.05) is 10.6 Å². The Labute approximate surface area is 173 Å². The minimum atomic E-state index is -0.451. The maximum Gasteiger partial charge on any atom is 0.260 e. The van der Waals surface area contributed by atoms with Gasteiger partial charge in [0.2, 0.25) is 10.3 Å². The first-order valence-electron chi connectivity index (χ1n) is 7.20. The first kappa shape index (κ1) is 19.2. The number of nitrogens with zero attached hydrogens (tertiary/aromatic N) is 2. The molecule has 134 valence electrons. The smallest absolute Gasteiger partial charge is 0.260 e. The normalized spacial score (nSPS) is 10.6. The van der Waals surface area contributed by atoms with Crippen molar-refractivity contribution < 1.29 is 4.79 Å². The second-order valence-corrected chi connectivity index (χ2v) is 7.67. The summed E-state index contributed by atoms with van der Waals surface area (Å²) in [4.78, 5) is 12.3. The van der Waals surface area contributed by atoms with Gasteiger partial charge in [0, 0.05) is 6.54 Å². The van der Waals surface area contributed by atoms with Crippen LogP contribution in [0.25, 0.3) is 0 Å². The molecule has 3 aromatic rings. The molecular formula is C16H10Cl4N4OS. The highest BCUT2D eigenvalue weighted by atomic mass is 35.5. The molecule has 1 heterocycles. The first-order chi connectivity index (χ1) is 12.4. The second-order valence-electron chi connectivity index (χ2n) is 5.07. The van der Waals surface area contributed by atoms with E-state index in [2.05, 4.69) is 20.8 Å². The van der Waals surface area contributed by atoms with Gasteiger partial charge in [0.15, 0.2) is 0 Å². The van der Waals surface area contributed by atoms with E-state index in [0.29, 0.717) is 26.9 Å². The number of nitrogens with one attached hydrogen (secondary N) is 2. The first-order valence-corrected chi connectivity index (χ1v) is 9.53. The summed E-state index contributed by atoms with van der Waals surface area (Å²) in [5.74, 6) is -0.451. The number of rotatable bonds is 5.